The van der Waals surface area contributed by atoms with E-state index < -0.39 is 6.10 Å². The van der Waals surface area contributed by atoms with E-state index >= 15 is 0 Å². The lowest BCUT2D eigenvalue weighted by atomic mass is 10.1. The Kier molecular flexibility index (Phi) is 7.37. The maximum atomic E-state index is 10.5. The molecule has 0 fully saturated rings. The van der Waals surface area contributed by atoms with Gasteiger partial charge in [-0.25, -0.2) is 0 Å². The van der Waals surface area contributed by atoms with E-state index in [4.69, 9.17) is 14.2 Å². The lowest BCUT2D eigenvalue weighted by Gasteiger charge is -2.21. The summed E-state index contributed by atoms with van der Waals surface area (Å²) < 4.78 is 16.7. The van der Waals surface area contributed by atoms with Crippen molar-refractivity contribution in [3.8, 4) is 11.5 Å². The van der Waals surface area contributed by atoms with Crippen LogP contribution in [-0.2, 0) is 17.7 Å². The van der Waals surface area contributed by atoms with Gasteiger partial charge in [0.15, 0.2) is 0 Å². The molecular weight excluding hydrogens is 416 g/mol. The van der Waals surface area contributed by atoms with Crippen LogP contribution in [0.15, 0.2) is 60.4 Å². The summed E-state index contributed by atoms with van der Waals surface area (Å²) in [5, 5.41) is 11.8. The summed E-state index contributed by atoms with van der Waals surface area (Å²) in [6.45, 7) is 1.71. The van der Waals surface area contributed by atoms with E-state index in [1.54, 1.807) is 14.2 Å². The quantitative estimate of drug-likeness (QED) is 0.477. The molecule has 0 aliphatic heterocycles. The third-order valence-electron chi connectivity index (χ3n) is 5.87. The number of rotatable bonds is 10. The van der Waals surface area contributed by atoms with Crippen LogP contribution in [-0.4, -0.2) is 55.5 Å². The van der Waals surface area contributed by atoms with Crippen molar-refractivity contribution >= 4 is 17.0 Å². The van der Waals surface area contributed by atoms with E-state index in [1.165, 1.54) is 10.9 Å². The first-order chi connectivity index (χ1) is 16.1. The summed E-state index contributed by atoms with van der Waals surface area (Å²) in [5.41, 5.74) is 4.59. The van der Waals surface area contributed by atoms with Gasteiger partial charge in [-0.2, -0.15) is 0 Å². The van der Waals surface area contributed by atoms with Crippen molar-refractivity contribution in [3.63, 3.8) is 0 Å². The van der Waals surface area contributed by atoms with Gasteiger partial charge in [-0.3, -0.25) is 4.90 Å². The van der Waals surface area contributed by atoms with Gasteiger partial charge >= 0.3 is 0 Å². The van der Waals surface area contributed by atoms with Gasteiger partial charge < -0.3 is 24.3 Å². The number of aromatic amines is 1. The summed E-state index contributed by atoms with van der Waals surface area (Å²) >= 11 is 0. The lowest BCUT2D eigenvalue weighted by Crippen LogP contribution is -2.29. The van der Waals surface area contributed by atoms with Gasteiger partial charge in [0.2, 0.25) is 0 Å². The number of allylic oxidation sites excluding steroid dienone is 3. The van der Waals surface area contributed by atoms with E-state index in [0.29, 0.717) is 26.1 Å². The predicted molar refractivity (Wildman–Crippen MR) is 132 cm³/mol. The highest BCUT2D eigenvalue weighted by atomic mass is 16.5. The van der Waals surface area contributed by atoms with E-state index in [0.717, 1.165) is 40.5 Å². The zero-order chi connectivity index (χ0) is 23.2. The number of methoxy groups -OCH3 is 2. The number of para-hydroxylation sites is 1. The molecule has 1 aliphatic rings. The minimum atomic E-state index is -0.479. The maximum absolute atomic E-state index is 10.5. The molecule has 0 spiro atoms. The van der Waals surface area contributed by atoms with Crippen LogP contribution in [0, 0.1) is 0 Å². The molecule has 1 aromatic heterocycles. The molecule has 6 heteroatoms. The molecule has 174 valence electrons. The Bertz CT molecular complexity index is 1130. The van der Waals surface area contributed by atoms with Gasteiger partial charge in [-0.1, -0.05) is 24.3 Å². The Morgan fingerprint density at radius 1 is 1.09 bits per heavy atom. The average Bonchev–Trinajstić information content (AvgIpc) is 3.02. The Hall–Kier alpha value is -3.22. The summed E-state index contributed by atoms with van der Waals surface area (Å²) in [6.07, 6.45) is 6.94. The van der Waals surface area contributed by atoms with Crippen LogP contribution in [0.4, 0.5) is 0 Å². The second-order valence-corrected chi connectivity index (χ2v) is 8.44. The van der Waals surface area contributed by atoms with Crippen molar-refractivity contribution in [2.45, 2.75) is 25.5 Å². The molecule has 0 saturated heterocycles. The standard InChI is InChI=1S/C27H32N2O4/c1-29(17-19-13-22(31-2)15-23(14-19)32-3)18-20(30)11-12-33-21-7-6-10-27-25(16-21)24-8-4-5-9-26(24)28-27/h4-10,13-15,20,28,30H,11-12,16-18H2,1-3H3. The Balaban J connectivity index is 1.27. The highest BCUT2D eigenvalue weighted by Crippen LogP contribution is 2.28. The molecule has 4 rings (SSSR count). The summed E-state index contributed by atoms with van der Waals surface area (Å²) in [6, 6.07) is 14.2. The van der Waals surface area contributed by atoms with Crippen LogP contribution in [0.25, 0.3) is 17.0 Å². The average molecular weight is 449 g/mol. The fourth-order valence-corrected chi connectivity index (χ4v) is 4.25. The molecule has 1 heterocycles. The monoisotopic (exact) mass is 448 g/mol. The van der Waals surface area contributed by atoms with Crippen LogP contribution in [0.1, 0.15) is 23.2 Å². The highest BCUT2D eigenvalue weighted by Gasteiger charge is 2.15. The first-order valence-corrected chi connectivity index (χ1v) is 11.2. The summed E-state index contributed by atoms with van der Waals surface area (Å²) in [7, 11) is 5.28. The second-order valence-electron chi connectivity index (χ2n) is 8.44. The van der Waals surface area contributed by atoms with Crippen molar-refractivity contribution in [1.29, 1.82) is 0 Å². The van der Waals surface area contributed by atoms with Crippen LogP contribution >= 0.6 is 0 Å². The van der Waals surface area contributed by atoms with Crippen molar-refractivity contribution in [2.75, 3.05) is 34.4 Å². The summed E-state index contributed by atoms with van der Waals surface area (Å²) in [4.78, 5) is 5.56. The second kappa shape index (κ2) is 10.6. The first-order valence-electron chi connectivity index (χ1n) is 11.2. The van der Waals surface area contributed by atoms with Crippen molar-refractivity contribution in [1.82, 2.24) is 9.88 Å². The maximum Gasteiger partial charge on any atom is 0.122 e. The molecular formula is C27H32N2O4. The minimum Gasteiger partial charge on any atom is -0.497 e. The molecule has 3 aromatic rings. The number of nitrogens with one attached hydrogen (secondary N) is 1. The number of aliphatic hydroxyl groups excluding tert-OH is 1. The first kappa shape index (κ1) is 23.0. The van der Waals surface area contributed by atoms with E-state index in [-0.39, 0.29) is 0 Å². The number of nitrogens with zero attached hydrogens (tertiary/aromatic N) is 1. The highest BCUT2D eigenvalue weighted by molar-refractivity contribution is 5.87. The normalized spacial score (nSPS) is 14.0. The molecule has 0 amide bonds. The number of hydrogen-bond donors (Lipinski definition) is 2. The molecule has 0 radical (unpaired) electrons. The van der Waals surface area contributed by atoms with Gasteiger partial charge in [0.25, 0.3) is 0 Å². The molecule has 6 nitrogen and oxygen atoms in total. The zero-order valence-corrected chi connectivity index (χ0v) is 19.5. The number of H-pyrrole nitrogens is 1. The zero-order valence-electron chi connectivity index (χ0n) is 19.5. The Morgan fingerprint density at radius 3 is 2.61 bits per heavy atom. The van der Waals surface area contributed by atoms with Gasteiger partial charge in [0.1, 0.15) is 17.3 Å². The third-order valence-corrected chi connectivity index (χ3v) is 5.87. The number of ether oxygens (including phenoxy) is 3. The van der Waals surface area contributed by atoms with E-state index in [9.17, 15) is 5.11 Å². The van der Waals surface area contributed by atoms with Crippen LogP contribution in [0.5, 0.6) is 11.5 Å². The van der Waals surface area contributed by atoms with Crippen LogP contribution < -0.4 is 9.47 Å². The van der Waals surface area contributed by atoms with Crippen molar-refractivity contribution in [2.24, 2.45) is 0 Å². The van der Waals surface area contributed by atoms with Crippen LogP contribution in [0.2, 0.25) is 0 Å². The SMILES string of the molecule is COc1cc(CN(C)CC(O)CCOC2=CC=Cc3[nH]c4ccccc4c3C2)cc(OC)c1. The number of benzene rings is 2. The third kappa shape index (κ3) is 5.78. The van der Waals surface area contributed by atoms with Crippen molar-refractivity contribution < 1.29 is 19.3 Å². The van der Waals surface area contributed by atoms with Crippen LogP contribution in [0.3, 0.4) is 0 Å². The molecule has 2 N–H and O–H groups in total. The van der Waals surface area contributed by atoms with Gasteiger partial charge in [-0.05, 0) is 48.5 Å². The largest absolute Gasteiger partial charge is 0.497 e. The molecule has 1 unspecified atom stereocenters. The topological polar surface area (TPSA) is 67.0 Å². The fourth-order valence-electron chi connectivity index (χ4n) is 4.25. The molecule has 0 bridgehead atoms. The molecule has 33 heavy (non-hydrogen) atoms. The number of likely N-dealkylation sites (N-methyl/N-ethyl adjacent to an activating group) is 1. The molecule has 1 atom stereocenters. The van der Waals surface area contributed by atoms with Crippen molar-refractivity contribution in [3.05, 3.63) is 77.2 Å². The number of fused-ring (bicyclic) bond motifs is 3. The lowest BCUT2D eigenvalue weighted by molar-refractivity contribution is 0.0841. The van der Waals surface area contributed by atoms with Gasteiger partial charge in [-0.15, -0.1) is 0 Å². The molecule has 1 aliphatic carbocycles. The van der Waals surface area contributed by atoms with Gasteiger partial charge in [0, 0.05) is 48.6 Å². The molecule has 0 saturated carbocycles. The van der Waals surface area contributed by atoms with E-state index in [2.05, 4.69) is 34.2 Å². The fraction of sp³-hybridized carbons (Fsp3) is 0.333. The number of hydrogen-bond acceptors (Lipinski definition) is 5. The Labute approximate surface area is 195 Å². The van der Waals surface area contributed by atoms with E-state index in [1.807, 2.05) is 43.5 Å². The predicted octanol–water partition coefficient (Wildman–Crippen LogP) is 4.54. The number of aromatic nitrogens is 1. The Morgan fingerprint density at radius 2 is 1.85 bits per heavy atom. The smallest absolute Gasteiger partial charge is 0.122 e. The minimum absolute atomic E-state index is 0.472. The molecule has 2 aromatic carbocycles. The summed E-state index contributed by atoms with van der Waals surface area (Å²) in [5.74, 6) is 2.44. The van der Waals surface area contributed by atoms with Gasteiger partial charge in [0.05, 0.1) is 26.9 Å². The number of aliphatic hydroxyl groups is 1.